The summed E-state index contributed by atoms with van der Waals surface area (Å²) in [6.07, 6.45) is -4.38. The van der Waals surface area contributed by atoms with Crippen LogP contribution in [-0.2, 0) is 11.3 Å². The van der Waals surface area contributed by atoms with Crippen molar-refractivity contribution < 1.29 is 22.7 Å². The molecule has 0 bridgehead atoms. The minimum atomic E-state index is -4.09. The lowest BCUT2D eigenvalue weighted by Crippen LogP contribution is -2.52. The van der Waals surface area contributed by atoms with E-state index < -0.39 is 12.6 Å². The zero-order valence-electron chi connectivity index (χ0n) is 14.7. The normalized spacial score (nSPS) is 15.7. The number of amides is 1. The van der Waals surface area contributed by atoms with Gasteiger partial charge < -0.3 is 10.1 Å². The van der Waals surface area contributed by atoms with E-state index in [1.54, 1.807) is 7.05 Å². The molecule has 0 radical (unpaired) electrons. The Bertz CT molecular complexity index is 584. The van der Waals surface area contributed by atoms with Gasteiger partial charge in [-0.05, 0) is 43.0 Å². The molecule has 1 fully saturated rings. The van der Waals surface area contributed by atoms with Crippen molar-refractivity contribution in [1.29, 1.82) is 0 Å². The number of nitrogens with one attached hydrogen (secondary N) is 1. The average Bonchev–Trinajstić information content (AvgIpc) is 2.50. The fourth-order valence-electron chi connectivity index (χ4n) is 2.86. The summed E-state index contributed by atoms with van der Waals surface area (Å²) in [7, 11) is 1.65. The lowest BCUT2D eigenvalue weighted by Gasteiger charge is -2.38. The van der Waals surface area contributed by atoms with Gasteiger partial charge in [0, 0.05) is 33.1 Å². The molecule has 0 saturated carbocycles. The Kier molecular flexibility index (Phi) is 6.70. The van der Waals surface area contributed by atoms with Crippen molar-refractivity contribution in [3.8, 4) is 5.75 Å². The highest BCUT2D eigenvalue weighted by atomic mass is 19.4. The van der Waals surface area contributed by atoms with Gasteiger partial charge in [0.15, 0.2) is 0 Å². The topological polar surface area (TPSA) is 41.6 Å². The van der Waals surface area contributed by atoms with Crippen LogP contribution in [0, 0.1) is 12.8 Å². The maximum atomic E-state index is 12.1. The molecule has 0 spiro atoms. The van der Waals surface area contributed by atoms with Gasteiger partial charge >= 0.3 is 6.18 Å². The first-order valence-electron chi connectivity index (χ1n) is 8.51. The van der Waals surface area contributed by atoms with Crippen molar-refractivity contribution in [2.75, 3.05) is 26.7 Å². The van der Waals surface area contributed by atoms with Crippen LogP contribution in [0.3, 0.4) is 0 Å². The molecule has 0 aromatic heterocycles. The smallest absolute Gasteiger partial charge is 0.389 e. The van der Waals surface area contributed by atoms with Crippen LogP contribution < -0.4 is 10.1 Å². The SMILES string of the molecule is CNC(=O)C1CN(Cc2ccc(OCCCCC(F)(F)F)cc2C)C1. The minimum absolute atomic E-state index is 0.0737. The third kappa shape index (κ3) is 6.23. The molecule has 0 atom stereocenters. The van der Waals surface area contributed by atoms with E-state index in [1.165, 1.54) is 5.56 Å². The zero-order valence-corrected chi connectivity index (χ0v) is 14.7. The first kappa shape index (κ1) is 19.6. The molecule has 2 rings (SSSR count). The van der Waals surface area contributed by atoms with E-state index in [-0.39, 0.29) is 24.9 Å². The van der Waals surface area contributed by atoms with Crippen LogP contribution in [0.2, 0.25) is 0 Å². The number of aryl methyl sites for hydroxylation is 1. The van der Waals surface area contributed by atoms with Crippen LogP contribution in [0.15, 0.2) is 18.2 Å². The van der Waals surface area contributed by atoms with Gasteiger partial charge in [-0.25, -0.2) is 0 Å². The van der Waals surface area contributed by atoms with Crippen molar-refractivity contribution >= 4 is 5.91 Å². The number of unbranched alkanes of at least 4 members (excludes halogenated alkanes) is 1. The standard InChI is InChI=1S/C18H25F3N2O2/c1-13-9-16(25-8-4-3-7-18(19,20)21)6-5-14(13)10-23-11-15(12-23)17(24)22-2/h5-6,9,15H,3-4,7-8,10-12H2,1-2H3,(H,22,24). The Hall–Kier alpha value is -1.76. The maximum absolute atomic E-state index is 12.1. The monoisotopic (exact) mass is 358 g/mol. The van der Waals surface area contributed by atoms with E-state index in [4.69, 9.17) is 4.74 Å². The van der Waals surface area contributed by atoms with Crippen molar-refractivity contribution in [2.45, 2.75) is 38.9 Å². The second kappa shape index (κ2) is 8.56. The Morgan fingerprint density at radius 3 is 2.64 bits per heavy atom. The minimum Gasteiger partial charge on any atom is -0.494 e. The predicted molar refractivity (Wildman–Crippen MR) is 89.4 cm³/mol. The van der Waals surface area contributed by atoms with Gasteiger partial charge in [-0.1, -0.05) is 6.07 Å². The predicted octanol–water partition coefficient (Wildman–Crippen LogP) is 3.28. The quantitative estimate of drug-likeness (QED) is 0.725. The molecule has 25 heavy (non-hydrogen) atoms. The van der Waals surface area contributed by atoms with E-state index in [0.717, 1.165) is 25.2 Å². The van der Waals surface area contributed by atoms with Crippen molar-refractivity contribution in [3.05, 3.63) is 29.3 Å². The summed E-state index contributed by atoms with van der Waals surface area (Å²) in [5, 5.41) is 2.66. The van der Waals surface area contributed by atoms with Gasteiger partial charge in [0.2, 0.25) is 5.91 Å². The van der Waals surface area contributed by atoms with E-state index >= 15 is 0 Å². The molecule has 0 unspecified atom stereocenters. The molecule has 140 valence electrons. The highest BCUT2D eigenvalue weighted by Gasteiger charge is 2.31. The van der Waals surface area contributed by atoms with Crippen LogP contribution in [0.4, 0.5) is 13.2 Å². The molecular weight excluding hydrogens is 333 g/mol. The summed E-state index contributed by atoms with van der Waals surface area (Å²) >= 11 is 0. The largest absolute Gasteiger partial charge is 0.494 e. The molecule has 7 heteroatoms. The number of carbonyl (C=O) groups is 1. The van der Waals surface area contributed by atoms with Gasteiger partial charge in [0.25, 0.3) is 0 Å². The molecule has 1 aliphatic rings. The van der Waals surface area contributed by atoms with Gasteiger partial charge in [-0.2, -0.15) is 13.2 Å². The van der Waals surface area contributed by atoms with Crippen LogP contribution in [-0.4, -0.2) is 43.7 Å². The number of benzene rings is 1. The van der Waals surface area contributed by atoms with Crippen molar-refractivity contribution in [2.24, 2.45) is 5.92 Å². The van der Waals surface area contributed by atoms with Gasteiger partial charge in [0.05, 0.1) is 12.5 Å². The number of hydrogen-bond acceptors (Lipinski definition) is 3. The first-order valence-corrected chi connectivity index (χ1v) is 8.51. The Morgan fingerprint density at radius 2 is 2.04 bits per heavy atom. The number of halogens is 3. The second-order valence-electron chi connectivity index (χ2n) is 6.51. The van der Waals surface area contributed by atoms with Gasteiger partial charge in [0.1, 0.15) is 5.75 Å². The highest BCUT2D eigenvalue weighted by molar-refractivity contribution is 5.79. The Balaban J connectivity index is 1.72. The molecule has 1 N–H and O–H groups in total. The molecule has 1 aromatic carbocycles. The zero-order chi connectivity index (χ0) is 18.4. The molecule has 1 aromatic rings. The molecule has 0 aliphatic carbocycles. The first-order chi connectivity index (χ1) is 11.8. The van der Waals surface area contributed by atoms with Crippen LogP contribution >= 0.6 is 0 Å². The summed E-state index contributed by atoms with van der Waals surface area (Å²) in [6.45, 7) is 4.58. The molecule has 1 amide bonds. The summed E-state index contributed by atoms with van der Waals surface area (Å²) in [5.74, 6) is 0.840. The molecule has 1 heterocycles. The molecule has 1 aliphatic heterocycles. The fraction of sp³-hybridized carbons (Fsp3) is 0.611. The molecular formula is C18H25F3N2O2. The second-order valence-corrected chi connectivity index (χ2v) is 6.51. The van der Waals surface area contributed by atoms with Crippen LogP contribution in [0.1, 0.15) is 30.4 Å². The third-order valence-corrected chi connectivity index (χ3v) is 4.41. The van der Waals surface area contributed by atoms with Crippen LogP contribution in [0.25, 0.3) is 0 Å². The van der Waals surface area contributed by atoms with E-state index in [9.17, 15) is 18.0 Å². The van der Waals surface area contributed by atoms with Crippen molar-refractivity contribution in [1.82, 2.24) is 10.2 Å². The number of alkyl halides is 3. The number of ether oxygens (including phenoxy) is 1. The average molecular weight is 358 g/mol. The Morgan fingerprint density at radius 1 is 1.32 bits per heavy atom. The highest BCUT2D eigenvalue weighted by Crippen LogP contribution is 2.24. The Labute approximate surface area is 146 Å². The van der Waals surface area contributed by atoms with Crippen LogP contribution in [0.5, 0.6) is 5.75 Å². The van der Waals surface area contributed by atoms with E-state index in [1.807, 2.05) is 25.1 Å². The lowest BCUT2D eigenvalue weighted by atomic mass is 9.97. The summed E-state index contributed by atoms with van der Waals surface area (Å²) in [6, 6.07) is 5.74. The lowest BCUT2D eigenvalue weighted by molar-refractivity contribution is -0.135. The maximum Gasteiger partial charge on any atom is 0.389 e. The fourth-order valence-corrected chi connectivity index (χ4v) is 2.86. The number of rotatable bonds is 8. The summed E-state index contributed by atoms with van der Waals surface area (Å²) in [5.41, 5.74) is 2.25. The number of carbonyl (C=O) groups excluding carboxylic acids is 1. The number of nitrogens with zero attached hydrogens (tertiary/aromatic N) is 1. The summed E-state index contributed by atoms with van der Waals surface area (Å²) < 4.78 is 41.7. The van der Waals surface area contributed by atoms with Gasteiger partial charge in [-0.3, -0.25) is 9.69 Å². The molecule has 1 saturated heterocycles. The van der Waals surface area contributed by atoms with E-state index in [0.29, 0.717) is 12.2 Å². The van der Waals surface area contributed by atoms with E-state index in [2.05, 4.69) is 10.2 Å². The number of hydrogen-bond donors (Lipinski definition) is 1. The third-order valence-electron chi connectivity index (χ3n) is 4.41. The van der Waals surface area contributed by atoms with Gasteiger partial charge in [-0.15, -0.1) is 0 Å². The number of likely N-dealkylation sites (tertiary alicyclic amines) is 1. The molecule has 4 nitrogen and oxygen atoms in total. The summed E-state index contributed by atoms with van der Waals surface area (Å²) in [4.78, 5) is 13.7. The van der Waals surface area contributed by atoms with Crippen molar-refractivity contribution in [3.63, 3.8) is 0 Å².